The molecule has 0 saturated heterocycles. The first-order chi connectivity index (χ1) is 7.31. The minimum absolute atomic E-state index is 0.213. The van der Waals surface area contributed by atoms with Crippen LogP contribution in [0.2, 0.25) is 0 Å². The van der Waals surface area contributed by atoms with E-state index in [0.29, 0.717) is 6.42 Å². The van der Waals surface area contributed by atoms with Gasteiger partial charge in [-0.25, -0.2) is 9.97 Å². The van der Waals surface area contributed by atoms with Crippen molar-refractivity contribution in [1.82, 2.24) is 9.97 Å². The van der Waals surface area contributed by atoms with Gasteiger partial charge in [0.25, 0.3) is 0 Å². The largest absolute Gasteiger partial charge is 0.294 e. The highest BCUT2D eigenvalue weighted by Gasteiger charge is 2.17. The van der Waals surface area contributed by atoms with E-state index in [-0.39, 0.29) is 5.78 Å². The molecule has 0 unspecified atom stereocenters. The number of aryl methyl sites for hydroxylation is 2. The van der Waals surface area contributed by atoms with E-state index >= 15 is 0 Å². The van der Waals surface area contributed by atoms with Crippen LogP contribution in [0, 0.1) is 0 Å². The number of carbonyl (C=O) groups is 1. The standard InChI is InChI=1S/C12H16N2O/c1-2-5-12-13-8-9-10(14-12)6-3-4-7-11(9)15/h8H,2-7H2,1H3. The predicted molar refractivity (Wildman–Crippen MR) is 57.9 cm³/mol. The highest BCUT2D eigenvalue weighted by Crippen LogP contribution is 2.18. The summed E-state index contributed by atoms with van der Waals surface area (Å²) in [6.07, 6.45) is 7.32. The van der Waals surface area contributed by atoms with E-state index < -0.39 is 0 Å². The van der Waals surface area contributed by atoms with E-state index in [4.69, 9.17) is 0 Å². The Morgan fingerprint density at radius 1 is 1.33 bits per heavy atom. The van der Waals surface area contributed by atoms with Crippen LogP contribution in [-0.2, 0) is 12.8 Å². The van der Waals surface area contributed by atoms with Crippen molar-refractivity contribution < 1.29 is 4.79 Å². The van der Waals surface area contributed by atoms with Crippen molar-refractivity contribution in [2.45, 2.75) is 45.4 Å². The topological polar surface area (TPSA) is 42.9 Å². The minimum Gasteiger partial charge on any atom is -0.294 e. The van der Waals surface area contributed by atoms with E-state index in [1.54, 1.807) is 6.20 Å². The fourth-order valence-electron chi connectivity index (χ4n) is 1.94. The zero-order valence-corrected chi connectivity index (χ0v) is 9.12. The van der Waals surface area contributed by atoms with Gasteiger partial charge in [-0.3, -0.25) is 4.79 Å². The number of ketones is 1. The number of hydrogen-bond acceptors (Lipinski definition) is 3. The molecule has 0 bridgehead atoms. The SMILES string of the molecule is CCCc1ncc2c(n1)CCCCC2=O. The summed E-state index contributed by atoms with van der Waals surface area (Å²) in [4.78, 5) is 20.4. The van der Waals surface area contributed by atoms with E-state index in [1.807, 2.05) is 0 Å². The number of Topliss-reactive ketones (excluding diaryl/α,β-unsaturated/α-hetero) is 1. The number of aromatic nitrogens is 2. The fraction of sp³-hybridized carbons (Fsp3) is 0.583. The van der Waals surface area contributed by atoms with Crippen molar-refractivity contribution in [3.8, 4) is 0 Å². The summed E-state index contributed by atoms with van der Waals surface area (Å²) in [5.74, 6) is 1.09. The second kappa shape index (κ2) is 4.51. The average Bonchev–Trinajstić information content (AvgIpc) is 2.41. The molecule has 1 aliphatic rings. The van der Waals surface area contributed by atoms with Crippen molar-refractivity contribution >= 4 is 5.78 Å². The van der Waals surface area contributed by atoms with Crippen molar-refractivity contribution in [2.75, 3.05) is 0 Å². The molecule has 1 aromatic heterocycles. The van der Waals surface area contributed by atoms with Gasteiger partial charge in [0, 0.05) is 19.0 Å². The second-order valence-electron chi connectivity index (χ2n) is 4.03. The van der Waals surface area contributed by atoms with Crippen molar-refractivity contribution in [3.63, 3.8) is 0 Å². The molecule has 0 amide bonds. The Bertz CT molecular complexity index is 374. The Morgan fingerprint density at radius 2 is 2.13 bits per heavy atom. The van der Waals surface area contributed by atoms with Gasteiger partial charge in [0.1, 0.15) is 5.82 Å². The van der Waals surface area contributed by atoms with E-state index in [0.717, 1.165) is 49.2 Å². The summed E-state index contributed by atoms with van der Waals surface area (Å²) in [5.41, 5.74) is 1.73. The van der Waals surface area contributed by atoms with Crippen molar-refractivity contribution in [3.05, 3.63) is 23.3 Å². The zero-order chi connectivity index (χ0) is 10.7. The monoisotopic (exact) mass is 204 g/mol. The molecule has 2 rings (SSSR count). The van der Waals surface area contributed by atoms with Gasteiger partial charge in [0.2, 0.25) is 0 Å². The highest BCUT2D eigenvalue weighted by atomic mass is 16.1. The van der Waals surface area contributed by atoms with E-state index in [9.17, 15) is 4.79 Å². The first-order valence-electron chi connectivity index (χ1n) is 5.69. The molecule has 0 aliphatic heterocycles. The zero-order valence-electron chi connectivity index (χ0n) is 9.12. The highest BCUT2D eigenvalue weighted by molar-refractivity contribution is 5.97. The molecule has 3 heteroatoms. The van der Waals surface area contributed by atoms with E-state index in [2.05, 4.69) is 16.9 Å². The van der Waals surface area contributed by atoms with Gasteiger partial charge >= 0.3 is 0 Å². The van der Waals surface area contributed by atoms with Crippen LogP contribution in [0.5, 0.6) is 0 Å². The quantitative estimate of drug-likeness (QED) is 0.694. The smallest absolute Gasteiger partial charge is 0.166 e. The maximum atomic E-state index is 11.7. The summed E-state index contributed by atoms with van der Waals surface area (Å²) in [6.45, 7) is 2.11. The predicted octanol–water partition coefficient (Wildman–Crippen LogP) is 2.34. The number of fused-ring (bicyclic) bond motifs is 1. The molecule has 0 fully saturated rings. The molecule has 0 atom stereocenters. The second-order valence-corrected chi connectivity index (χ2v) is 4.03. The Hall–Kier alpha value is -1.25. The van der Waals surface area contributed by atoms with Crippen LogP contribution in [0.3, 0.4) is 0 Å². The Labute approximate surface area is 89.9 Å². The third-order valence-corrected chi connectivity index (χ3v) is 2.76. The molecule has 15 heavy (non-hydrogen) atoms. The summed E-state index contributed by atoms with van der Waals surface area (Å²) in [6, 6.07) is 0. The molecule has 0 aromatic carbocycles. The van der Waals surface area contributed by atoms with Gasteiger partial charge in [-0.15, -0.1) is 0 Å². The third-order valence-electron chi connectivity index (χ3n) is 2.76. The summed E-state index contributed by atoms with van der Waals surface area (Å²) in [7, 11) is 0. The van der Waals surface area contributed by atoms with Crippen LogP contribution in [0.25, 0.3) is 0 Å². The molecule has 3 nitrogen and oxygen atoms in total. The summed E-state index contributed by atoms with van der Waals surface area (Å²) in [5, 5.41) is 0. The van der Waals surface area contributed by atoms with Crippen LogP contribution in [0.15, 0.2) is 6.20 Å². The molecule has 0 N–H and O–H groups in total. The molecular formula is C12H16N2O. The van der Waals surface area contributed by atoms with Crippen LogP contribution in [0.1, 0.15) is 54.5 Å². The first-order valence-corrected chi connectivity index (χ1v) is 5.69. The molecule has 1 aliphatic carbocycles. The number of hydrogen-bond donors (Lipinski definition) is 0. The number of rotatable bonds is 2. The van der Waals surface area contributed by atoms with Crippen LogP contribution in [0.4, 0.5) is 0 Å². The third kappa shape index (κ3) is 2.22. The Kier molecular flexibility index (Phi) is 3.09. The van der Waals surface area contributed by atoms with Crippen LogP contribution < -0.4 is 0 Å². The van der Waals surface area contributed by atoms with Gasteiger partial charge in [0.05, 0.1) is 11.3 Å². The average molecular weight is 204 g/mol. The van der Waals surface area contributed by atoms with Crippen LogP contribution >= 0.6 is 0 Å². The van der Waals surface area contributed by atoms with Gasteiger partial charge in [-0.2, -0.15) is 0 Å². The van der Waals surface area contributed by atoms with Crippen molar-refractivity contribution in [2.24, 2.45) is 0 Å². The first kappa shape index (κ1) is 10.3. The molecule has 0 spiro atoms. The lowest BCUT2D eigenvalue weighted by Crippen LogP contribution is -2.06. The lowest BCUT2D eigenvalue weighted by molar-refractivity contribution is 0.0981. The van der Waals surface area contributed by atoms with Crippen molar-refractivity contribution in [1.29, 1.82) is 0 Å². The minimum atomic E-state index is 0.213. The Balaban J connectivity index is 2.33. The van der Waals surface area contributed by atoms with Crippen LogP contribution in [-0.4, -0.2) is 15.8 Å². The lowest BCUT2D eigenvalue weighted by Gasteiger charge is -2.04. The molecule has 1 aromatic rings. The van der Waals surface area contributed by atoms with E-state index in [1.165, 1.54) is 0 Å². The van der Waals surface area contributed by atoms with Gasteiger partial charge in [0.15, 0.2) is 5.78 Å². The molecule has 1 heterocycles. The molecular weight excluding hydrogens is 188 g/mol. The maximum Gasteiger partial charge on any atom is 0.166 e. The summed E-state index contributed by atoms with van der Waals surface area (Å²) >= 11 is 0. The number of nitrogens with zero attached hydrogens (tertiary/aromatic N) is 2. The normalized spacial score (nSPS) is 15.9. The van der Waals surface area contributed by atoms with Gasteiger partial charge < -0.3 is 0 Å². The maximum absolute atomic E-state index is 11.7. The summed E-state index contributed by atoms with van der Waals surface area (Å²) < 4.78 is 0. The molecule has 80 valence electrons. The van der Waals surface area contributed by atoms with Gasteiger partial charge in [-0.1, -0.05) is 6.92 Å². The fourth-order valence-corrected chi connectivity index (χ4v) is 1.94. The molecule has 0 radical (unpaired) electrons. The lowest BCUT2D eigenvalue weighted by atomic mass is 10.1. The number of carbonyl (C=O) groups excluding carboxylic acids is 1. The Morgan fingerprint density at radius 3 is 2.93 bits per heavy atom. The molecule has 0 saturated carbocycles. The van der Waals surface area contributed by atoms with Gasteiger partial charge in [-0.05, 0) is 25.7 Å².